The van der Waals surface area contributed by atoms with E-state index < -0.39 is 0 Å². The minimum absolute atomic E-state index is 0.313. The van der Waals surface area contributed by atoms with Crippen molar-refractivity contribution in [3.05, 3.63) is 47.3 Å². The molecule has 0 saturated carbocycles. The molecule has 1 aromatic carbocycles. The maximum atomic E-state index is 9.22. The minimum atomic E-state index is 0.313. The summed E-state index contributed by atoms with van der Waals surface area (Å²) in [6.45, 7) is 5.00. The van der Waals surface area contributed by atoms with Crippen molar-refractivity contribution in [1.29, 1.82) is 0 Å². The smallest absolute Gasteiger partial charge is 0.115 e. The summed E-state index contributed by atoms with van der Waals surface area (Å²) in [6, 6.07) is 7.74. The number of hydrogen-bond donors (Lipinski definition) is 3. The van der Waals surface area contributed by atoms with Gasteiger partial charge in [-0.1, -0.05) is 12.1 Å². The fraction of sp³-hybridized carbons (Fsp3) is 0.357. The van der Waals surface area contributed by atoms with E-state index in [1.165, 1.54) is 11.1 Å². The highest BCUT2D eigenvalue weighted by Crippen LogP contribution is 2.11. The zero-order valence-corrected chi connectivity index (χ0v) is 10.8. The van der Waals surface area contributed by atoms with Crippen LogP contribution in [0, 0.1) is 6.92 Å². The minimum Gasteiger partial charge on any atom is -0.508 e. The van der Waals surface area contributed by atoms with Crippen LogP contribution in [-0.2, 0) is 13.0 Å². The summed E-state index contributed by atoms with van der Waals surface area (Å²) in [6.07, 6.45) is 2.80. The van der Waals surface area contributed by atoms with Gasteiger partial charge < -0.3 is 10.4 Å². The normalized spacial score (nSPS) is 12.6. The van der Waals surface area contributed by atoms with Gasteiger partial charge >= 0.3 is 0 Å². The number of aromatic amines is 1. The van der Waals surface area contributed by atoms with Crippen molar-refractivity contribution >= 4 is 0 Å². The predicted molar refractivity (Wildman–Crippen MR) is 71.4 cm³/mol. The van der Waals surface area contributed by atoms with Gasteiger partial charge in [-0.3, -0.25) is 5.10 Å². The van der Waals surface area contributed by atoms with Crippen LogP contribution in [0.2, 0.25) is 0 Å². The van der Waals surface area contributed by atoms with Crippen molar-refractivity contribution in [2.24, 2.45) is 0 Å². The summed E-state index contributed by atoms with van der Waals surface area (Å²) >= 11 is 0. The third-order valence-electron chi connectivity index (χ3n) is 3.05. The Morgan fingerprint density at radius 3 is 2.67 bits per heavy atom. The lowest BCUT2D eigenvalue weighted by molar-refractivity contribution is 0.474. The first kappa shape index (κ1) is 12.6. The molecule has 96 valence electrons. The van der Waals surface area contributed by atoms with Crippen LogP contribution in [0.5, 0.6) is 5.75 Å². The van der Waals surface area contributed by atoms with Crippen molar-refractivity contribution in [3.8, 4) is 5.75 Å². The van der Waals surface area contributed by atoms with Gasteiger partial charge in [0.05, 0.1) is 6.20 Å². The SMILES string of the molecule is Cc1[nH]ncc1CNC(C)Cc1ccc(O)cc1. The van der Waals surface area contributed by atoms with Crippen LogP contribution in [0.4, 0.5) is 0 Å². The Hall–Kier alpha value is -1.81. The second-order valence-electron chi connectivity index (χ2n) is 4.67. The molecule has 1 unspecified atom stereocenters. The van der Waals surface area contributed by atoms with Gasteiger partial charge in [0, 0.05) is 23.8 Å². The van der Waals surface area contributed by atoms with E-state index in [9.17, 15) is 5.11 Å². The zero-order valence-electron chi connectivity index (χ0n) is 10.8. The average Bonchev–Trinajstić information content (AvgIpc) is 2.75. The number of aryl methyl sites for hydroxylation is 1. The van der Waals surface area contributed by atoms with E-state index in [4.69, 9.17) is 0 Å². The summed E-state index contributed by atoms with van der Waals surface area (Å²) in [5.74, 6) is 0.313. The lowest BCUT2D eigenvalue weighted by Crippen LogP contribution is -2.27. The lowest BCUT2D eigenvalue weighted by atomic mass is 10.1. The van der Waals surface area contributed by atoms with Gasteiger partial charge in [-0.2, -0.15) is 5.10 Å². The van der Waals surface area contributed by atoms with Gasteiger partial charge in [-0.25, -0.2) is 0 Å². The molecule has 4 nitrogen and oxygen atoms in total. The molecule has 0 amide bonds. The lowest BCUT2D eigenvalue weighted by Gasteiger charge is -2.13. The first-order valence-corrected chi connectivity index (χ1v) is 6.15. The monoisotopic (exact) mass is 245 g/mol. The Bertz CT molecular complexity index is 490. The number of rotatable bonds is 5. The maximum Gasteiger partial charge on any atom is 0.115 e. The van der Waals surface area contributed by atoms with E-state index >= 15 is 0 Å². The van der Waals surface area contributed by atoms with Crippen molar-refractivity contribution in [3.63, 3.8) is 0 Å². The Kier molecular flexibility index (Phi) is 3.99. The molecular formula is C14H19N3O. The molecule has 0 spiro atoms. The highest BCUT2D eigenvalue weighted by molar-refractivity contribution is 5.26. The van der Waals surface area contributed by atoms with E-state index in [0.29, 0.717) is 11.8 Å². The van der Waals surface area contributed by atoms with Gasteiger partial charge in [-0.15, -0.1) is 0 Å². The molecule has 0 aliphatic carbocycles. The van der Waals surface area contributed by atoms with Crippen LogP contribution in [0.25, 0.3) is 0 Å². The van der Waals surface area contributed by atoms with E-state index in [2.05, 4.69) is 22.4 Å². The molecule has 0 fully saturated rings. The van der Waals surface area contributed by atoms with Crippen LogP contribution in [0.15, 0.2) is 30.5 Å². The fourth-order valence-electron chi connectivity index (χ4n) is 1.90. The number of aromatic hydroxyl groups is 1. The number of hydrogen-bond acceptors (Lipinski definition) is 3. The van der Waals surface area contributed by atoms with Gasteiger partial charge in [0.25, 0.3) is 0 Å². The summed E-state index contributed by atoms with van der Waals surface area (Å²) in [5.41, 5.74) is 3.53. The van der Waals surface area contributed by atoms with E-state index in [1.54, 1.807) is 12.1 Å². The largest absolute Gasteiger partial charge is 0.508 e. The standard InChI is InChI=1S/C14H19N3O/c1-10(7-12-3-5-14(18)6-4-12)15-8-13-9-16-17-11(13)2/h3-6,9-10,15,18H,7-8H2,1-2H3,(H,16,17). The first-order valence-electron chi connectivity index (χ1n) is 6.15. The van der Waals surface area contributed by atoms with Crippen molar-refractivity contribution in [2.45, 2.75) is 32.9 Å². The Balaban J connectivity index is 1.83. The zero-order chi connectivity index (χ0) is 13.0. The molecule has 2 rings (SSSR count). The van der Waals surface area contributed by atoms with E-state index in [-0.39, 0.29) is 0 Å². The molecule has 3 N–H and O–H groups in total. The molecular weight excluding hydrogens is 226 g/mol. The van der Waals surface area contributed by atoms with Crippen LogP contribution in [-0.4, -0.2) is 21.3 Å². The van der Waals surface area contributed by atoms with Gasteiger partial charge in [0.2, 0.25) is 0 Å². The molecule has 1 heterocycles. The molecule has 0 bridgehead atoms. The number of phenols is 1. The Morgan fingerprint density at radius 2 is 2.06 bits per heavy atom. The first-order chi connectivity index (χ1) is 8.65. The molecule has 2 aromatic rings. The highest BCUT2D eigenvalue weighted by Gasteiger charge is 2.05. The number of nitrogens with one attached hydrogen (secondary N) is 2. The predicted octanol–water partition coefficient (Wildman–Crippen LogP) is 2.14. The average molecular weight is 245 g/mol. The molecule has 0 saturated heterocycles. The van der Waals surface area contributed by atoms with Crippen molar-refractivity contribution < 1.29 is 5.11 Å². The van der Waals surface area contributed by atoms with Crippen molar-refractivity contribution in [1.82, 2.24) is 15.5 Å². The second kappa shape index (κ2) is 5.69. The van der Waals surface area contributed by atoms with Crippen LogP contribution in [0.3, 0.4) is 0 Å². The van der Waals surface area contributed by atoms with Gasteiger partial charge in [0.15, 0.2) is 0 Å². The van der Waals surface area contributed by atoms with Crippen molar-refractivity contribution in [2.75, 3.05) is 0 Å². The number of H-pyrrole nitrogens is 1. The summed E-state index contributed by atoms with van der Waals surface area (Å²) in [7, 11) is 0. The molecule has 18 heavy (non-hydrogen) atoms. The van der Waals surface area contributed by atoms with Crippen LogP contribution >= 0.6 is 0 Å². The molecule has 1 aromatic heterocycles. The van der Waals surface area contributed by atoms with Crippen LogP contribution in [0.1, 0.15) is 23.7 Å². The molecule has 0 aliphatic heterocycles. The van der Waals surface area contributed by atoms with E-state index in [0.717, 1.165) is 18.7 Å². The topological polar surface area (TPSA) is 60.9 Å². The molecule has 0 aliphatic rings. The highest BCUT2D eigenvalue weighted by atomic mass is 16.3. The van der Waals surface area contributed by atoms with Gasteiger partial charge in [-0.05, 0) is 38.0 Å². The maximum absolute atomic E-state index is 9.22. The number of nitrogens with zero attached hydrogens (tertiary/aromatic N) is 1. The van der Waals surface area contributed by atoms with Crippen LogP contribution < -0.4 is 5.32 Å². The number of phenolic OH excluding ortho intramolecular Hbond substituents is 1. The number of aromatic nitrogens is 2. The summed E-state index contributed by atoms with van der Waals surface area (Å²) in [5, 5.41) is 19.6. The molecule has 1 atom stereocenters. The summed E-state index contributed by atoms with van der Waals surface area (Å²) < 4.78 is 0. The third kappa shape index (κ3) is 3.34. The molecule has 0 radical (unpaired) electrons. The van der Waals surface area contributed by atoms with Gasteiger partial charge in [0.1, 0.15) is 5.75 Å². The second-order valence-corrected chi connectivity index (χ2v) is 4.67. The Labute approximate surface area is 107 Å². The summed E-state index contributed by atoms with van der Waals surface area (Å²) in [4.78, 5) is 0. The van der Waals surface area contributed by atoms with E-state index in [1.807, 2.05) is 25.3 Å². The third-order valence-corrected chi connectivity index (χ3v) is 3.05. The quantitative estimate of drug-likeness (QED) is 0.756. The Morgan fingerprint density at radius 1 is 1.33 bits per heavy atom. The molecule has 4 heteroatoms. The fourth-order valence-corrected chi connectivity index (χ4v) is 1.90. The number of benzene rings is 1.